The summed E-state index contributed by atoms with van der Waals surface area (Å²) >= 11 is 0.651. The molecule has 2 aromatic carbocycles. The van der Waals surface area contributed by atoms with E-state index in [1.807, 2.05) is 31.2 Å². The summed E-state index contributed by atoms with van der Waals surface area (Å²) in [5, 5.41) is 19.0. The number of azo groups is 1. The molecule has 106 valence electrons. The number of nitrogens with zero attached hydrogens (tertiary/aromatic N) is 2. The summed E-state index contributed by atoms with van der Waals surface area (Å²) in [6, 6.07) is 12.9. The smallest absolute Gasteiger partial charge is 0.218 e. The maximum atomic E-state index is 9.97. The van der Waals surface area contributed by atoms with E-state index in [0.29, 0.717) is 28.0 Å². The highest BCUT2D eigenvalue weighted by Crippen LogP contribution is 2.38. The molecule has 0 aliphatic carbocycles. The van der Waals surface area contributed by atoms with Crippen molar-refractivity contribution in [3.63, 3.8) is 0 Å². The van der Waals surface area contributed by atoms with Crippen molar-refractivity contribution in [3.05, 3.63) is 48.0 Å². The van der Waals surface area contributed by atoms with Crippen molar-refractivity contribution in [3.8, 4) is 5.88 Å². The molecule has 0 fully saturated rings. The van der Waals surface area contributed by atoms with E-state index >= 15 is 0 Å². The molecule has 3 rings (SSSR count). The van der Waals surface area contributed by atoms with Crippen molar-refractivity contribution in [2.75, 3.05) is 0 Å². The Hall–Kier alpha value is -2.31. The van der Waals surface area contributed by atoms with Crippen LogP contribution in [-0.2, 0) is 0 Å². The number of rotatable bonds is 3. The molecule has 3 aromatic rings. The van der Waals surface area contributed by atoms with E-state index in [-0.39, 0.29) is 5.88 Å². The van der Waals surface area contributed by atoms with Gasteiger partial charge < -0.3 is 14.6 Å². The first-order chi connectivity index (χ1) is 10.2. The molecule has 21 heavy (non-hydrogen) atoms. The molecular formula is C15H13N3O2S. The Kier molecular flexibility index (Phi) is 3.64. The van der Waals surface area contributed by atoms with Crippen LogP contribution in [0.3, 0.4) is 0 Å². The monoisotopic (exact) mass is 299 g/mol. The molecule has 3 N–H and O–H groups in total. The van der Waals surface area contributed by atoms with E-state index < -0.39 is 0 Å². The summed E-state index contributed by atoms with van der Waals surface area (Å²) in [5.41, 5.74) is 2.86. The second kappa shape index (κ2) is 5.59. The first kappa shape index (κ1) is 13.7. The third-order valence-electron chi connectivity index (χ3n) is 3.20. The highest BCUT2D eigenvalue weighted by Gasteiger charge is 2.11. The Morgan fingerprint density at radius 3 is 2.67 bits per heavy atom. The fourth-order valence-electron chi connectivity index (χ4n) is 2.08. The van der Waals surface area contributed by atoms with E-state index in [9.17, 15) is 5.11 Å². The zero-order chi connectivity index (χ0) is 14.8. The lowest BCUT2D eigenvalue weighted by Gasteiger charge is -1.98. The van der Waals surface area contributed by atoms with Gasteiger partial charge in [0.1, 0.15) is 0 Å². The standard InChI is InChI=1S/C15H13N3O2S/c1-9-4-2-3-5-12(9)17-18-14-11-8-10(21-20)6-7-13(11)16-15(14)19/h2-8,16,19-20H,1H3. The lowest BCUT2D eigenvalue weighted by Crippen LogP contribution is -1.72. The molecule has 0 aliphatic rings. The van der Waals surface area contributed by atoms with Gasteiger partial charge in [-0.2, -0.15) is 5.11 Å². The van der Waals surface area contributed by atoms with Crippen LogP contribution >= 0.6 is 12.0 Å². The zero-order valence-electron chi connectivity index (χ0n) is 11.2. The van der Waals surface area contributed by atoms with Gasteiger partial charge in [-0.1, -0.05) is 18.2 Å². The highest BCUT2D eigenvalue weighted by atomic mass is 32.2. The number of aryl methyl sites for hydroxylation is 1. The van der Waals surface area contributed by atoms with Gasteiger partial charge in [0.25, 0.3) is 0 Å². The largest absolute Gasteiger partial charge is 0.493 e. The molecule has 0 spiro atoms. The maximum Gasteiger partial charge on any atom is 0.218 e. The second-order valence-corrected chi connectivity index (χ2v) is 5.26. The predicted molar refractivity (Wildman–Crippen MR) is 83.8 cm³/mol. The zero-order valence-corrected chi connectivity index (χ0v) is 12.1. The molecule has 0 atom stereocenters. The maximum absolute atomic E-state index is 9.97. The van der Waals surface area contributed by atoms with Crippen LogP contribution < -0.4 is 0 Å². The third kappa shape index (κ3) is 2.63. The summed E-state index contributed by atoms with van der Waals surface area (Å²) in [4.78, 5) is 3.52. The van der Waals surface area contributed by atoms with E-state index in [4.69, 9.17) is 4.55 Å². The van der Waals surface area contributed by atoms with Gasteiger partial charge in [0.2, 0.25) is 5.88 Å². The van der Waals surface area contributed by atoms with Gasteiger partial charge in [-0.05, 0) is 36.8 Å². The highest BCUT2D eigenvalue weighted by molar-refractivity contribution is 7.93. The molecule has 6 heteroatoms. The fraction of sp³-hybridized carbons (Fsp3) is 0.0667. The Bertz CT molecular complexity index is 827. The number of nitrogens with one attached hydrogen (secondary N) is 1. The van der Waals surface area contributed by atoms with Gasteiger partial charge >= 0.3 is 0 Å². The van der Waals surface area contributed by atoms with E-state index in [2.05, 4.69) is 15.2 Å². The number of benzene rings is 2. The molecule has 0 radical (unpaired) electrons. The van der Waals surface area contributed by atoms with E-state index in [1.54, 1.807) is 18.2 Å². The molecule has 1 aromatic heterocycles. The van der Waals surface area contributed by atoms with E-state index in [0.717, 1.165) is 16.8 Å². The van der Waals surface area contributed by atoms with Crippen LogP contribution in [0.1, 0.15) is 5.56 Å². The summed E-state index contributed by atoms with van der Waals surface area (Å²) in [5.74, 6) is -0.0394. The van der Waals surface area contributed by atoms with Crippen LogP contribution in [0.15, 0.2) is 57.6 Å². The van der Waals surface area contributed by atoms with Crippen molar-refractivity contribution < 1.29 is 9.66 Å². The van der Waals surface area contributed by atoms with Crippen LogP contribution in [0.5, 0.6) is 5.88 Å². The summed E-state index contributed by atoms with van der Waals surface area (Å²) in [6.07, 6.45) is 0. The molecule has 0 saturated heterocycles. The van der Waals surface area contributed by atoms with Gasteiger partial charge in [0.15, 0.2) is 5.69 Å². The first-order valence-electron chi connectivity index (χ1n) is 6.32. The van der Waals surface area contributed by atoms with Crippen LogP contribution in [0.4, 0.5) is 11.4 Å². The molecule has 0 bridgehead atoms. The van der Waals surface area contributed by atoms with Gasteiger partial charge in [0.05, 0.1) is 11.2 Å². The predicted octanol–water partition coefficient (Wildman–Crippen LogP) is 5.16. The fourth-order valence-corrected chi connectivity index (χ4v) is 2.38. The second-order valence-electron chi connectivity index (χ2n) is 4.61. The van der Waals surface area contributed by atoms with Gasteiger partial charge in [0, 0.05) is 22.3 Å². The van der Waals surface area contributed by atoms with Gasteiger partial charge in [-0.15, -0.1) is 5.11 Å². The number of hydrogen-bond acceptors (Lipinski definition) is 5. The Balaban J connectivity index is 2.07. The summed E-state index contributed by atoms with van der Waals surface area (Å²) < 4.78 is 9.13. The van der Waals surface area contributed by atoms with Gasteiger partial charge in [-0.25, -0.2) is 0 Å². The molecule has 0 unspecified atom stereocenters. The van der Waals surface area contributed by atoms with Crippen LogP contribution in [-0.4, -0.2) is 14.6 Å². The Morgan fingerprint density at radius 2 is 1.90 bits per heavy atom. The number of aromatic nitrogens is 1. The molecule has 0 amide bonds. The van der Waals surface area contributed by atoms with Gasteiger partial charge in [-0.3, -0.25) is 0 Å². The van der Waals surface area contributed by atoms with Crippen molar-refractivity contribution in [1.29, 1.82) is 0 Å². The molecule has 0 aliphatic heterocycles. The average molecular weight is 299 g/mol. The normalized spacial score (nSPS) is 11.5. The number of H-pyrrole nitrogens is 1. The Morgan fingerprint density at radius 1 is 1.10 bits per heavy atom. The SMILES string of the molecule is Cc1ccccc1N=Nc1c(O)[nH]c2ccc(SO)cc12. The minimum absolute atomic E-state index is 0.0394. The molecular weight excluding hydrogens is 286 g/mol. The van der Waals surface area contributed by atoms with E-state index in [1.165, 1.54) is 0 Å². The topological polar surface area (TPSA) is 81.0 Å². The molecule has 5 nitrogen and oxygen atoms in total. The number of aromatic hydroxyl groups is 1. The lowest BCUT2D eigenvalue weighted by atomic mass is 10.2. The van der Waals surface area contributed by atoms with Crippen molar-refractivity contribution in [2.45, 2.75) is 11.8 Å². The number of hydrogen-bond donors (Lipinski definition) is 3. The summed E-state index contributed by atoms with van der Waals surface area (Å²) in [6.45, 7) is 1.95. The Labute approximate surface area is 125 Å². The summed E-state index contributed by atoms with van der Waals surface area (Å²) in [7, 11) is 0. The number of fused-ring (bicyclic) bond motifs is 1. The van der Waals surface area contributed by atoms with Crippen LogP contribution in [0.2, 0.25) is 0 Å². The minimum Gasteiger partial charge on any atom is -0.493 e. The molecule has 1 heterocycles. The van der Waals surface area contributed by atoms with Crippen LogP contribution in [0.25, 0.3) is 10.9 Å². The average Bonchev–Trinajstić information content (AvgIpc) is 2.81. The van der Waals surface area contributed by atoms with Crippen LogP contribution in [0, 0.1) is 6.92 Å². The molecule has 0 saturated carbocycles. The van der Waals surface area contributed by atoms with Crippen molar-refractivity contribution >= 4 is 34.3 Å². The van der Waals surface area contributed by atoms with Crippen molar-refractivity contribution in [2.24, 2.45) is 10.2 Å². The quantitative estimate of drug-likeness (QED) is 0.461. The minimum atomic E-state index is -0.0394. The van der Waals surface area contributed by atoms with Crippen molar-refractivity contribution in [1.82, 2.24) is 4.98 Å². The lowest BCUT2D eigenvalue weighted by molar-refractivity contribution is 0.459. The number of aromatic amines is 1. The third-order valence-corrected chi connectivity index (χ3v) is 3.67. The first-order valence-corrected chi connectivity index (χ1v) is 7.10.